The fourth-order valence-electron chi connectivity index (χ4n) is 2.03. The number of carbonyl (C=O) groups excluding carboxylic acids is 1. The van der Waals surface area contributed by atoms with Gasteiger partial charge in [-0.25, -0.2) is 18.1 Å². The number of hydrogen-bond acceptors (Lipinski definition) is 5. The molecule has 2 rings (SSSR count). The minimum absolute atomic E-state index is 0. The highest BCUT2D eigenvalue weighted by Gasteiger charge is 2.23. The van der Waals surface area contributed by atoms with Crippen LogP contribution in [0.15, 0.2) is 17.6 Å². The molecule has 8 nitrogen and oxygen atoms in total. The summed E-state index contributed by atoms with van der Waals surface area (Å²) in [5.41, 5.74) is 0. The highest BCUT2D eigenvalue weighted by atomic mass is 35.5. The first kappa shape index (κ1) is 17.9. The molecule has 1 fully saturated rings. The molecule has 1 aromatic heterocycles. The SMILES string of the molecule is CC1CN(C(=O)CNS(=O)(=O)c2cn(C)cn2)CCN1.Cl. The maximum Gasteiger partial charge on any atom is 0.260 e. The lowest BCUT2D eigenvalue weighted by molar-refractivity contribution is -0.131. The van der Waals surface area contributed by atoms with Gasteiger partial charge in [0.1, 0.15) is 0 Å². The third-order valence-corrected chi connectivity index (χ3v) is 4.38. The van der Waals surface area contributed by atoms with Crippen molar-refractivity contribution in [1.82, 2.24) is 24.5 Å². The lowest BCUT2D eigenvalue weighted by Crippen LogP contribution is -2.53. The number of halogens is 1. The van der Waals surface area contributed by atoms with Gasteiger partial charge in [0.05, 0.1) is 12.9 Å². The number of nitrogens with one attached hydrogen (secondary N) is 2. The minimum atomic E-state index is -3.73. The molecule has 2 heterocycles. The van der Waals surface area contributed by atoms with Gasteiger partial charge in [0, 0.05) is 38.9 Å². The van der Waals surface area contributed by atoms with Gasteiger partial charge in [0.15, 0.2) is 5.03 Å². The molecule has 0 spiro atoms. The molecule has 2 N–H and O–H groups in total. The van der Waals surface area contributed by atoms with Crippen molar-refractivity contribution in [1.29, 1.82) is 0 Å². The molecule has 1 aromatic rings. The molecule has 0 aliphatic carbocycles. The number of sulfonamides is 1. The molecule has 0 saturated carbocycles. The van der Waals surface area contributed by atoms with Gasteiger partial charge in [-0.3, -0.25) is 4.79 Å². The van der Waals surface area contributed by atoms with E-state index in [0.717, 1.165) is 6.54 Å². The summed E-state index contributed by atoms with van der Waals surface area (Å²) in [6, 6.07) is 0.222. The van der Waals surface area contributed by atoms with Crippen LogP contribution in [0.1, 0.15) is 6.92 Å². The Kier molecular flexibility index (Phi) is 6.14. The Balaban J connectivity index is 0.00000220. The predicted molar refractivity (Wildman–Crippen MR) is 79.7 cm³/mol. The van der Waals surface area contributed by atoms with Crippen molar-refractivity contribution >= 4 is 28.3 Å². The normalized spacial score (nSPS) is 19.1. The Hall–Kier alpha value is -1.16. The number of imidazole rings is 1. The highest BCUT2D eigenvalue weighted by molar-refractivity contribution is 7.89. The number of aryl methyl sites for hydroxylation is 1. The van der Waals surface area contributed by atoms with E-state index in [9.17, 15) is 13.2 Å². The van der Waals surface area contributed by atoms with Crippen LogP contribution in [-0.4, -0.2) is 61.0 Å². The molecule has 10 heteroatoms. The van der Waals surface area contributed by atoms with E-state index in [-0.39, 0.29) is 35.9 Å². The second-order valence-corrected chi connectivity index (χ2v) is 6.61. The van der Waals surface area contributed by atoms with E-state index in [1.807, 2.05) is 6.92 Å². The average Bonchev–Trinajstić information content (AvgIpc) is 2.83. The summed E-state index contributed by atoms with van der Waals surface area (Å²) >= 11 is 0. The topological polar surface area (TPSA) is 96.3 Å². The summed E-state index contributed by atoms with van der Waals surface area (Å²) in [5, 5.41) is 3.14. The van der Waals surface area contributed by atoms with Crippen molar-refractivity contribution in [3.8, 4) is 0 Å². The van der Waals surface area contributed by atoms with Gasteiger partial charge >= 0.3 is 0 Å². The van der Waals surface area contributed by atoms with Crippen molar-refractivity contribution in [3.63, 3.8) is 0 Å². The molecule has 1 amide bonds. The molecule has 120 valence electrons. The number of nitrogens with zero attached hydrogens (tertiary/aromatic N) is 3. The van der Waals surface area contributed by atoms with Crippen LogP contribution in [0.5, 0.6) is 0 Å². The lowest BCUT2D eigenvalue weighted by Gasteiger charge is -2.31. The first-order valence-electron chi connectivity index (χ1n) is 6.37. The number of carbonyl (C=O) groups is 1. The van der Waals surface area contributed by atoms with E-state index in [4.69, 9.17) is 0 Å². The van der Waals surface area contributed by atoms with Crippen LogP contribution in [0, 0.1) is 0 Å². The average molecular weight is 338 g/mol. The molecule has 0 aromatic carbocycles. The standard InChI is InChI=1S/C11H19N5O3S.ClH/c1-9-6-16(4-3-12-9)11(17)5-14-20(18,19)10-7-15(2)8-13-10;/h7-9,12,14H,3-6H2,1-2H3;1H. The summed E-state index contributed by atoms with van der Waals surface area (Å²) in [5.74, 6) is -0.224. The van der Waals surface area contributed by atoms with Gasteiger partial charge in [0.25, 0.3) is 10.0 Å². The fraction of sp³-hybridized carbons (Fsp3) is 0.636. The summed E-state index contributed by atoms with van der Waals surface area (Å²) in [4.78, 5) is 17.4. The summed E-state index contributed by atoms with van der Waals surface area (Å²) in [7, 11) is -2.05. The van der Waals surface area contributed by atoms with Gasteiger partial charge in [-0.05, 0) is 6.92 Å². The van der Waals surface area contributed by atoms with Gasteiger partial charge in [-0.15, -0.1) is 12.4 Å². The number of rotatable bonds is 4. The van der Waals surface area contributed by atoms with Crippen molar-refractivity contribution in [2.75, 3.05) is 26.2 Å². The Morgan fingerprint density at radius 3 is 2.86 bits per heavy atom. The van der Waals surface area contributed by atoms with Gasteiger partial charge in [0.2, 0.25) is 5.91 Å². The van der Waals surface area contributed by atoms with Crippen LogP contribution in [0.2, 0.25) is 0 Å². The van der Waals surface area contributed by atoms with E-state index in [1.165, 1.54) is 17.1 Å². The molecule has 1 saturated heterocycles. The lowest BCUT2D eigenvalue weighted by atomic mass is 10.2. The zero-order valence-electron chi connectivity index (χ0n) is 11.9. The van der Waals surface area contributed by atoms with E-state index >= 15 is 0 Å². The third-order valence-electron chi connectivity index (χ3n) is 3.09. The second kappa shape index (κ2) is 7.21. The first-order valence-corrected chi connectivity index (χ1v) is 7.85. The summed E-state index contributed by atoms with van der Waals surface area (Å²) in [6.07, 6.45) is 2.79. The van der Waals surface area contributed by atoms with Crippen molar-refractivity contribution in [3.05, 3.63) is 12.5 Å². The Labute approximate surface area is 130 Å². The molecule has 1 aliphatic rings. The molecule has 1 unspecified atom stereocenters. The Morgan fingerprint density at radius 1 is 1.57 bits per heavy atom. The monoisotopic (exact) mass is 337 g/mol. The van der Waals surface area contributed by atoms with Crippen LogP contribution in [0.3, 0.4) is 0 Å². The number of piperazine rings is 1. The number of hydrogen-bond donors (Lipinski definition) is 2. The van der Waals surface area contributed by atoms with Crippen LogP contribution in [0.25, 0.3) is 0 Å². The van der Waals surface area contributed by atoms with Crippen LogP contribution in [-0.2, 0) is 21.9 Å². The van der Waals surface area contributed by atoms with E-state index in [2.05, 4.69) is 15.0 Å². The Bertz CT molecular complexity index is 588. The molecule has 21 heavy (non-hydrogen) atoms. The van der Waals surface area contributed by atoms with Crippen LogP contribution < -0.4 is 10.0 Å². The molecule has 0 bridgehead atoms. The maximum atomic E-state index is 12.0. The van der Waals surface area contributed by atoms with Crippen molar-refractivity contribution < 1.29 is 13.2 Å². The fourth-order valence-corrected chi connectivity index (χ4v) is 2.98. The number of aromatic nitrogens is 2. The van der Waals surface area contributed by atoms with Gasteiger partial charge in [-0.2, -0.15) is 0 Å². The molecule has 0 radical (unpaired) electrons. The number of amides is 1. The van der Waals surface area contributed by atoms with Gasteiger partial charge < -0.3 is 14.8 Å². The first-order chi connectivity index (χ1) is 9.38. The molecule has 1 aliphatic heterocycles. The van der Waals surface area contributed by atoms with E-state index in [0.29, 0.717) is 13.1 Å². The van der Waals surface area contributed by atoms with E-state index in [1.54, 1.807) is 11.9 Å². The predicted octanol–water partition coefficient (Wildman–Crippen LogP) is -1.06. The van der Waals surface area contributed by atoms with E-state index < -0.39 is 10.0 Å². The molecular weight excluding hydrogens is 318 g/mol. The zero-order valence-corrected chi connectivity index (χ0v) is 13.6. The summed E-state index contributed by atoms with van der Waals surface area (Å²) in [6.45, 7) is 3.64. The minimum Gasteiger partial charge on any atom is -0.339 e. The molecular formula is C11H20ClN5O3S. The van der Waals surface area contributed by atoms with Gasteiger partial charge in [-0.1, -0.05) is 0 Å². The maximum absolute atomic E-state index is 12.0. The smallest absolute Gasteiger partial charge is 0.260 e. The van der Waals surface area contributed by atoms with Crippen molar-refractivity contribution in [2.45, 2.75) is 18.0 Å². The Morgan fingerprint density at radius 2 is 2.29 bits per heavy atom. The molecule has 1 atom stereocenters. The van der Waals surface area contributed by atoms with Crippen LogP contribution in [0.4, 0.5) is 0 Å². The quantitative estimate of drug-likeness (QED) is 0.730. The largest absolute Gasteiger partial charge is 0.339 e. The second-order valence-electron chi connectivity index (χ2n) is 4.90. The third kappa shape index (κ3) is 4.67. The zero-order chi connectivity index (χ0) is 14.8. The van der Waals surface area contributed by atoms with Crippen molar-refractivity contribution in [2.24, 2.45) is 7.05 Å². The van der Waals surface area contributed by atoms with Crippen LogP contribution >= 0.6 is 12.4 Å². The summed E-state index contributed by atoms with van der Waals surface area (Å²) < 4.78 is 27.7. The highest BCUT2D eigenvalue weighted by Crippen LogP contribution is 2.04.